The lowest BCUT2D eigenvalue weighted by molar-refractivity contribution is -0.129. The first kappa shape index (κ1) is 26.4. The monoisotopic (exact) mass is 584 g/mol. The van der Waals surface area contributed by atoms with Gasteiger partial charge in [-0.3, -0.25) is 30.6 Å². The van der Waals surface area contributed by atoms with E-state index in [9.17, 15) is 14.4 Å². The van der Waals surface area contributed by atoms with Gasteiger partial charge in [-0.05, 0) is 48.1 Å². The Hall–Kier alpha value is -3.70. The summed E-state index contributed by atoms with van der Waals surface area (Å²) in [6.45, 7) is 0.954. The molecule has 1 saturated heterocycles. The summed E-state index contributed by atoms with van der Waals surface area (Å²) in [5.74, 6) is -0.537. The number of benzene rings is 2. The molecule has 1 atom stereocenters. The fourth-order valence-electron chi connectivity index (χ4n) is 3.84. The van der Waals surface area contributed by atoms with Crippen molar-refractivity contribution in [2.24, 2.45) is 5.92 Å². The second-order valence-electron chi connectivity index (χ2n) is 8.38. The minimum absolute atomic E-state index is 0.0784. The van der Waals surface area contributed by atoms with E-state index in [1.807, 2.05) is 30.3 Å². The van der Waals surface area contributed by atoms with Gasteiger partial charge in [-0.25, -0.2) is 0 Å². The van der Waals surface area contributed by atoms with Crippen molar-refractivity contribution >= 4 is 51.0 Å². The Morgan fingerprint density at radius 1 is 1.11 bits per heavy atom. The molecule has 1 unspecified atom stereocenters. The predicted octanol–water partition coefficient (Wildman–Crippen LogP) is 3.35. The van der Waals surface area contributed by atoms with Crippen molar-refractivity contribution in [3.05, 3.63) is 88.3 Å². The molecule has 11 heteroatoms. The molecule has 3 amide bonds. The molecule has 2 heterocycles. The number of hydrazine groups is 1. The van der Waals surface area contributed by atoms with E-state index in [-0.39, 0.29) is 29.5 Å². The number of carbonyl (C=O) groups is 3. The number of nitrogens with zero attached hydrogens (tertiary/aromatic N) is 1. The number of ether oxygens (including phenoxy) is 1. The van der Waals surface area contributed by atoms with Crippen LogP contribution in [0, 0.1) is 5.92 Å². The van der Waals surface area contributed by atoms with E-state index in [4.69, 9.17) is 21.4 Å². The molecule has 0 saturated carbocycles. The maximum atomic E-state index is 12.9. The van der Waals surface area contributed by atoms with Crippen LogP contribution in [0.3, 0.4) is 0 Å². The molecule has 1 aliphatic heterocycles. The van der Waals surface area contributed by atoms with Crippen molar-refractivity contribution in [3.63, 3.8) is 0 Å². The van der Waals surface area contributed by atoms with Crippen LogP contribution in [0.25, 0.3) is 0 Å². The molecule has 0 bridgehead atoms. The number of thiocarbonyl (C=S) groups is 1. The predicted molar refractivity (Wildman–Crippen MR) is 143 cm³/mol. The number of nitrogens with one attached hydrogen (secondary N) is 3. The maximum absolute atomic E-state index is 12.9. The smallest absolute Gasteiger partial charge is 0.261 e. The van der Waals surface area contributed by atoms with Crippen LogP contribution in [0.4, 0.5) is 0 Å². The summed E-state index contributed by atoms with van der Waals surface area (Å²) >= 11 is 8.55. The standard InChI is InChI=1S/C26H25BrN4O5S/c27-19-8-9-22(36-12-10-17-5-2-1-3-6-17)21(14-19)25(34)28-26(37)30-29-24(33)18-13-23(32)31(15-18)16-20-7-4-11-35-20/h1-9,11,14,18H,10,12-13,15-16H2,(H,29,33)(H2,28,30,34,37). The molecule has 0 aliphatic carbocycles. The van der Waals surface area contributed by atoms with Crippen molar-refractivity contribution in [1.29, 1.82) is 0 Å². The fourth-order valence-corrected chi connectivity index (χ4v) is 4.35. The summed E-state index contributed by atoms with van der Waals surface area (Å²) in [6.07, 6.45) is 2.30. The minimum atomic E-state index is -0.553. The lowest BCUT2D eigenvalue weighted by Crippen LogP contribution is -2.50. The molecule has 37 heavy (non-hydrogen) atoms. The zero-order chi connectivity index (χ0) is 26.2. The highest BCUT2D eigenvalue weighted by molar-refractivity contribution is 9.10. The summed E-state index contributed by atoms with van der Waals surface area (Å²) in [4.78, 5) is 39.3. The van der Waals surface area contributed by atoms with Gasteiger partial charge in [0, 0.05) is 23.9 Å². The van der Waals surface area contributed by atoms with Gasteiger partial charge in [0.1, 0.15) is 11.5 Å². The van der Waals surface area contributed by atoms with E-state index >= 15 is 0 Å². The minimum Gasteiger partial charge on any atom is -0.492 e. The average molecular weight is 585 g/mol. The molecule has 0 radical (unpaired) electrons. The van der Waals surface area contributed by atoms with Crippen molar-refractivity contribution < 1.29 is 23.5 Å². The first-order valence-electron chi connectivity index (χ1n) is 11.6. The first-order chi connectivity index (χ1) is 17.9. The molecule has 3 N–H and O–H groups in total. The molecular weight excluding hydrogens is 560 g/mol. The maximum Gasteiger partial charge on any atom is 0.261 e. The van der Waals surface area contributed by atoms with Crippen LogP contribution in [0.15, 0.2) is 75.8 Å². The number of halogens is 1. The molecule has 9 nitrogen and oxygen atoms in total. The summed E-state index contributed by atoms with van der Waals surface area (Å²) < 4.78 is 11.8. The molecule has 3 aromatic rings. The zero-order valence-electron chi connectivity index (χ0n) is 19.7. The van der Waals surface area contributed by atoms with Crippen LogP contribution in [-0.2, 0) is 22.6 Å². The van der Waals surface area contributed by atoms with E-state index in [0.717, 1.165) is 5.56 Å². The van der Waals surface area contributed by atoms with Crippen LogP contribution in [-0.4, -0.2) is 40.9 Å². The third-order valence-electron chi connectivity index (χ3n) is 5.72. The van der Waals surface area contributed by atoms with E-state index in [0.29, 0.717) is 35.6 Å². The summed E-state index contributed by atoms with van der Waals surface area (Å²) in [7, 11) is 0. The molecule has 1 aromatic heterocycles. The van der Waals surface area contributed by atoms with Crippen LogP contribution < -0.4 is 20.9 Å². The van der Waals surface area contributed by atoms with Gasteiger partial charge in [0.15, 0.2) is 5.11 Å². The van der Waals surface area contributed by atoms with Gasteiger partial charge >= 0.3 is 0 Å². The zero-order valence-corrected chi connectivity index (χ0v) is 22.1. The number of amides is 3. The largest absolute Gasteiger partial charge is 0.492 e. The van der Waals surface area contributed by atoms with Crippen molar-refractivity contribution in [2.45, 2.75) is 19.4 Å². The van der Waals surface area contributed by atoms with Gasteiger partial charge in [-0.15, -0.1) is 0 Å². The van der Waals surface area contributed by atoms with Crippen molar-refractivity contribution in [3.8, 4) is 5.75 Å². The van der Waals surface area contributed by atoms with Gasteiger partial charge in [0.05, 0.1) is 30.9 Å². The molecule has 4 rings (SSSR count). The number of rotatable bonds is 8. The molecule has 192 valence electrons. The molecule has 1 aliphatic rings. The van der Waals surface area contributed by atoms with Crippen molar-refractivity contribution in [2.75, 3.05) is 13.2 Å². The Kier molecular flexibility index (Phi) is 8.91. The van der Waals surface area contributed by atoms with Gasteiger partial charge < -0.3 is 14.1 Å². The highest BCUT2D eigenvalue weighted by Crippen LogP contribution is 2.24. The first-order valence-corrected chi connectivity index (χ1v) is 12.8. The lowest BCUT2D eigenvalue weighted by Gasteiger charge is -2.16. The lowest BCUT2D eigenvalue weighted by atomic mass is 10.1. The summed E-state index contributed by atoms with van der Waals surface area (Å²) in [5, 5.41) is 2.45. The summed E-state index contributed by atoms with van der Waals surface area (Å²) in [5.41, 5.74) is 6.41. The van der Waals surface area contributed by atoms with E-state index in [2.05, 4.69) is 32.1 Å². The van der Waals surface area contributed by atoms with Gasteiger partial charge in [0.2, 0.25) is 11.8 Å². The topological polar surface area (TPSA) is 113 Å². The quantitative estimate of drug-likeness (QED) is 0.275. The normalized spacial score (nSPS) is 14.8. The highest BCUT2D eigenvalue weighted by atomic mass is 79.9. The Balaban J connectivity index is 1.26. The third kappa shape index (κ3) is 7.40. The van der Waals surface area contributed by atoms with Crippen LogP contribution in [0.2, 0.25) is 0 Å². The Bertz CT molecular complexity index is 1270. The Morgan fingerprint density at radius 2 is 1.92 bits per heavy atom. The fraction of sp³-hybridized carbons (Fsp3) is 0.231. The highest BCUT2D eigenvalue weighted by Gasteiger charge is 2.34. The van der Waals surface area contributed by atoms with Gasteiger partial charge in [0.25, 0.3) is 5.91 Å². The number of hydrogen-bond donors (Lipinski definition) is 3. The van der Waals surface area contributed by atoms with Crippen molar-refractivity contribution in [1.82, 2.24) is 21.1 Å². The molecule has 0 spiro atoms. The van der Waals surface area contributed by atoms with E-state index < -0.39 is 17.7 Å². The van der Waals surface area contributed by atoms with Crippen LogP contribution >= 0.6 is 28.1 Å². The SMILES string of the molecule is O=C(NC(=S)NNC(=O)C1CC(=O)N(Cc2ccco2)C1)c1cc(Br)ccc1OCCc1ccccc1. The van der Waals surface area contributed by atoms with E-state index in [1.54, 1.807) is 35.2 Å². The molecule has 1 fully saturated rings. The molecule has 2 aromatic carbocycles. The number of furan rings is 1. The second kappa shape index (κ2) is 12.5. The van der Waals surface area contributed by atoms with E-state index in [1.165, 1.54) is 6.26 Å². The Labute approximate surface area is 227 Å². The number of carbonyl (C=O) groups excluding carboxylic acids is 3. The third-order valence-corrected chi connectivity index (χ3v) is 6.41. The number of likely N-dealkylation sites (tertiary alicyclic amines) is 1. The summed E-state index contributed by atoms with van der Waals surface area (Å²) in [6, 6.07) is 18.5. The molecular formula is C26H25BrN4O5S. The number of hydrogen-bond acceptors (Lipinski definition) is 6. The Morgan fingerprint density at radius 3 is 2.68 bits per heavy atom. The van der Waals surface area contributed by atoms with Gasteiger partial charge in [-0.1, -0.05) is 46.3 Å². The van der Waals surface area contributed by atoms with Crippen LogP contribution in [0.5, 0.6) is 5.75 Å². The average Bonchev–Trinajstić information content (AvgIpc) is 3.54. The van der Waals surface area contributed by atoms with Gasteiger partial charge in [-0.2, -0.15) is 0 Å². The second-order valence-corrected chi connectivity index (χ2v) is 9.70. The van der Waals surface area contributed by atoms with Crippen LogP contribution in [0.1, 0.15) is 28.1 Å².